The molecule has 2 saturated heterocycles. The van der Waals surface area contributed by atoms with Gasteiger partial charge in [0.2, 0.25) is 0 Å². The van der Waals surface area contributed by atoms with E-state index < -0.39 is 11.9 Å². The maximum absolute atomic E-state index is 12.5. The van der Waals surface area contributed by atoms with Crippen molar-refractivity contribution in [3.63, 3.8) is 0 Å². The number of amides is 1. The van der Waals surface area contributed by atoms with Gasteiger partial charge in [-0.25, -0.2) is 0 Å². The number of rotatable bonds is 3. The number of halogens is 3. The van der Waals surface area contributed by atoms with Crippen LogP contribution in [0.4, 0.5) is 13.2 Å². The van der Waals surface area contributed by atoms with Gasteiger partial charge in [-0.3, -0.25) is 14.7 Å². The Labute approximate surface area is 143 Å². The van der Waals surface area contributed by atoms with Gasteiger partial charge in [0.05, 0.1) is 18.3 Å². The molecule has 0 unspecified atom stereocenters. The number of hydrogen-bond acceptors (Lipinski definition) is 4. The van der Waals surface area contributed by atoms with Crippen LogP contribution in [0.5, 0.6) is 0 Å². The van der Waals surface area contributed by atoms with Gasteiger partial charge in [-0.05, 0) is 37.3 Å². The Morgan fingerprint density at radius 1 is 1.28 bits per heavy atom. The Morgan fingerprint density at radius 3 is 2.72 bits per heavy atom. The lowest BCUT2D eigenvalue weighted by molar-refractivity contribution is -0.141. The molecule has 8 heteroatoms. The molecule has 3 fully saturated rings. The van der Waals surface area contributed by atoms with Gasteiger partial charge in [0.15, 0.2) is 0 Å². The summed E-state index contributed by atoms with van der Waals surface area (Å²) in [5.41, 5.74) is -0.852. The monoisotopic (exact) mass is 355 g/mol. The Hall–Kier alpha value is -1.67. The topological polar surface area (TPSA) is 54.5 Å². The highest BCUT2D eigenvalue weighted by atomic mass is 19.4. The van der Waals surface area contributed by atoms with E-state index in [1.807, 2.05) is 0 Å². The van der Waals surface area contributed by atoms with Crippen LogP contribution in [0.15, 0.2) is 18.3 Å². The zero-order valence-electron chi connectivity index (χ0n) is 13.6. The number of carbonyl (C=O) groups excluding carboxylic acids is 1. The van der Waals surface area contributed by atoms with Crippen molar-refractivity contribution in [1.29, 1.82) is 0 Å². The molecule has 0 bridgehead atoms. The van der Waals surface area contributed by atoms with Gasteiger partial charge in [-0.2, -0.15) is 13.2 Å². The zero-order chi connectivity index (χ0) is 17.6. The van der Waals surface area contributed by atoms with Gasteiger partial charge in [-0.15, -0.1) is 0 Å². The van der Waals surface area contributed by atoms with Crippen molar-refractivity contribution in [3.05, 3.63) is 29.6 Å². The largest absolute Gasteiger partial charge is 0.433 e. The van der Waals surface area contributed by atoms with Crippen LogP contribution in [0.25, 0.3) is 0 Å². The second-order valence-electron chi connectivity index (χ2n) is 7.15. The predicted molar refractivity (Wildman–Crippen MR) is 82.9 cm³/mol. The molecule has 1 saturated carbocycles. The molecule has 3 aliphatic rings. The molecule has 3 heterocycles. The number of fused-ring (bicyclic) bond motifs is 1. The molecule has 1 N–H and O–H groups in total. The molecule has 5 nitrogen and oxygen atoms in total. The fourth-order valence-corrected chi connectivity index (χ4v) is 3.72. The summed E-state index contributed by atoms with van der Waals surface area (Å²) in [6.45, 7) is 2.36. The number of hydrogen-bond donors (Lipinski definition) is 1. The van der Waals surface area contributed by atoms with Gasteiger partial charge in [0, 0.05) is 31.4 Å². The number of alkyl halides is 3. The highest BCUT2D eigenvalue weighted by Crippen LogP contribution is 2.37. The zero-order valence-corrected chi connectivity index (χ0v) is 13.6. The number of nitrogens with zero attached hydrogens (tertiary/aromatic N) is 2. The number of ether oxygens (including phenoxy) is 1. The van der Waals surface area contributed by atoms with Gasteiger partial charge in [0.1, 0.15) is 5.69 Å². The molecule has 3 atom stereocenters. The van der Waals surface area contributed by atoms with Crippen LogP contribution in [0.1, 0.15) is 35.3 Å². The first-order valence-electron chi connectivity index (χ1n) is 8.60. The Morgan fingerprint density at radius 2 is 2.08 bits per heavy atom. The van der Waals surface area contributed by atoms with E-state index in [1.165, 1.54) is 18.9 Å². The molecular weight excluding hydrogens is 335 g/mol. The summed E-state index contributed by atoms with van der Waals surface area (Å²) in [5.74, 6) is 0.304. The van der Waals surface area contributed by atoms with Crippen LogP contribution in [0, 0.1) is 5.92 Å². The number of carbonyl (C=O) groups is 1. The van der Waals surface area contributed by atoms with Crippen LogP contribution in [0.2, 0.25) is 0 Å². The summed E-state index contributed by atoms with van der Waals surface area (Å²) in [5, 5.41) is 2.91. The summed E-state index contributed by atoms with van der Waals surface area (Å²) in [4.78, 5) is 18.0. The molecule has 4 rings (SSSR count). The van der Waals surface area contributed by atoms with E-state index in [-0.39, 0.29) is 17.5 Å². The number of nitrogens with one attached hydrogen (secondary N) is 1. The van der Waals surface area contributed by atoms with E-state index >= 15 is 0 Å². The molecule has 1 amide bonds. The smallest absolute Gasteiger partial charge is 0.375 e. The van der Waals surface area contributed by atoms with E-state index in [1.54, 1.807) is 0 Å². The quantitative estimate of drug-likeness (QED) is 0.902. The highest BCUT2D eigenvalue weighted by Gasteiger charge is 2.42. The number of aromatic nitrogens is 1. The molecular formula is C17H20F3N3O2. The average Bonchev–Trinajstić information content (AvgIpc) is 3.34. The van der Waals surface area contributed by atoms with Crippen molar-refractivity contribution in [3.8, 4) is 0 Å². The standard InChI is InChI=1S/C17H20F3N3O2/c18-17(19,20)15-4-3-11(6-21-15)16(24)22-12-5-13-9-25-14(10-1-2-10)8-23(13)7-12/h3-4,6,10,12-14H,1-2,5,7-9H2,(H,22,24)/t12-,13-,14+/m0/s1. The van der Waals surface area contributed by atoms with Crippen LogP contribution < -0.4 is 5.32 Å². The lowest BCUT2D eigenvalue weighted by Gasteiger charge is -2.35. The first-order chi connectivity index (χ1) is 11.9. The normalized spacial score (nSPS) is 30.1. The molecule has 136 valence electrons. The van der Waals surface area contributed by atoms with Gasteiger partial charge in [-0.1, -0.05) is 0 Å². The summed E-state index contributed by atoms with van der Waals surface area (Å²) in [7, 11) is 0. The summed E-state index contributed by atoms with van der Waals surface area (Å²) in [6, 6.07) is 2.30. The van der Waals surface area contributed by atoms with Crippen molar-refractivity contribution in [1.82, 2.24) is 15.2 Å². The third-order valence-corrected chi connectivity index (χ3v) is 5.24. The summed E-state index contributed by atoms with van der Waals surface area (Å²) < 4.78 is 43.5. The van der Waals surface area contributed by atoms with Crippen molar-refractivity contribution in [2.75, 3.05) is 19.7 Å². The van der Waals surface area contributed by atoms with E-state index in [9.17, 15) is 18.0 Å². The predicted octanol–water partition coefficient (Wildman–Crippen LogP) is 2.08. The molecule has 25 heavy (non-hydrogen) atoms. The van der Waals surface area contributed by atoms with Crippen LogP contribution in [-0.2, 0) is 10.9 Å². The van der Waals surface area contributed by atoms with E-state index in [0.29, 0.717) is 24.7 Å². The summed E-state index contributed by atoms with van der Waals surface area (Å²) >= 11 is 0. The van der Waals surface area contributed by atoms with Gasteiger partial charge in [0.25, 0.3) is 5.91 Å². The Kier molecular flexibility index (Phi) is 4.19. The lowest BCUT2D eigenvalue weighted by Crippen LogP contribution is -2.47. The lowest BCUT2D eigenvalue weighted by atomic mass is 10.1. The molecule has 1 aliphatic carbocycles. The fourth-order valence-electron chi connectivity index (χ4n) is 3.72. The molecule has 0 aromatic carbocycles. The summed E-state index contributed by atoms with van der Waals surface area (Å²) in [6.07, 6.45) is 0.0738. The van der Waals surface area contributed by atoms with Crippen molar-refractivity contribution >= 4 is 5.91 Å². The third kappa shape index (κ3) is 3.64. The van der Waals surface area contributed by atoms with Crippen molar-refractivity contribution < 1.29 is 22.7 Å². The SMILES string of the molecule is O=C(N[C@H]1C[C@H]2CO[C@@H](C3CC3)CN2C1)c1ccc(C(F)(F)F)nc1. The number of pyridine rings is 1. The Balaban J connectivity index is 1.34. The molecule has 0 radical (unpaired) electrons. The van der Waals surface area contributed by atoms with E-state index in [4.69, 9.17) is 4.74 Å². The molecule has 1 aromatic heterocycles. The maximum Gasteiger partial charge on any atom is 0.433 e. The van der Waals surface area contributed by atoms with E-state index in [0.717, 1.165) is 31.8 Å². The first-order valence-corrected chi connectivity index (χ1v) is 8.60. The minimum Gasteiger partial charge on any atom is -0.375 e. The highest BCUT2D eigenvalue weighted by molar-refractivity contribution is 5.94. The minimum atomic E-state index is -4.50. The molecule has 0 spiro atoms. The van der Waals surface area contributed by atoms with Gasteiger partial charge >= 0.3 is 6.18 Å². The average molecular weight is 355 g/mol. The second kappa shape index (κ2) is 6.25. The van der Waals surface area contributed by atoms with Crippen LogP contribution in [0.3, 0.4) is 0 Å². The Bertz CT molecular complexity index is 646. The maximum atomic E-state index is 12.5. The third-order valence-electron chi connectivity index (χ3n) is 5.24. The first kappa shape index (κ1) is 16.8. The van der Waals surface area contributed by atoms with E-state index in [2.05, 4.69) is 15.2 Å². The fraction of sp³-hybridized carbons (Fsp3) is 0.647. The van der Waals surface area contributed by atoms with Gasteiger partial charge < -0.3 is 10.1 Å². The molecule has 2 aliphatic heterocycles. The van der Waals surface area contributed by atoms with Crippen LogP contribution >= 0.6 is 0 Å². The number of morpholine rings is 1. The minimum absolute atomic E-state index is 0.0126. The second-order valence-corrected chi connectivity index (χ2v) is 7.15. The van der Waals surface area contributed by atoms with Crippen LogP contribution in [-0.4, -0.2) is 53.7 Å². The molecule has 1 aromatic rings. The van der Waals surface area contributed by atoms with Crippen molar-refractivity contribution in [2.24, 2.45) is 5.92 Å². The van der Waals surface area contributed by atoms with Crippen molar-refractivity contribution in [2.45, 2.75) is 43.6 Å².